The van der Waals surface area contributed by atoms with Crippen molar-refractivity contribution >= 4 is 19.1 Å². The van der Waals surface area contributed by atoms with Crippen LogP contribution in [0.4, 0.5) is 0 Å². The Labute approximate surface area is 61.5 Å². The van der Waals surface area contributed by atoms with E-state index in [1.165, 1.54) is 0 Å². The van der Waals surface area contributed by atoms with Gasteiger partial charge in [-0.3, -0.25) is 0 Å². The number of hydrogen-bond acceptors (Lipinski definition) is 4. The van der Waals surface area contributed by atoms with Gasteiger partial charge in [-0.2, -0.15) is 0 Å². The van der Waals surface area contributed by atoms with Crippen molar-refractivity contribution in [2.75, 3.05) is 28.3 Å². The lowest BCUT2D eigenvalue weighted by Gasteiger charge is -2.14. The Morgan fingerprint density at radius 2 is 1.67 bits per heavy atom. The van der Waals surface area contributed by atoms with E-state index in [0.29, 0.717) is 0 Å². The van der Waals surface area contributed by atoms with Crippen molar-refractivity contribution in [2.24, 2.45) is 0 Å². The monoisotopic (exact) mass is 169 g/mol. The summed E-state index contributed by atoms with van der Waals surface area (Å²) >= 11 is 1.55. The summed E-state index contributed by atoms with van der Waals surface area (Å²) in [7, 11) is 6.45. The number of nitrogens with zero attached hydrogens (tertiary/aromatic N) is 1. The van der Waals surface area contributed by atoms with Crippen LogP contribution in [0.15, 0.2) is 0 Å². The van der Waals surface area contributed by atoms with Crippen molar-refractivity contribution in [1.29, 1.82) is 0 Å². The van der Waals surface area contributed by atoms with Crippen molar-refractivity contribution in [3.63, 3.8) is 0 Å². The van der Waals surface area contributed by atoms with Crippen LogP contribution in [0.1, 0.15) is 0 Å². The summed E-state index contributed by atoms with van der Waals surface area (Å²) in [5, 5.41) is 0. The van der Waals surface area contributed by atoms with Crippen LogP contribution in [0.5, 0.6) is 0 Å². The molecule has 0 N–H and O–H groups in total. The van der Waals surface area contributed by atoms with Gasteiger partial charge in [-0.1, -0.05) is 0 Å². The average molecular weight is 169 g/mol. The van der Waals surface area contributed by atoms with Gasteiger partial charge in [-0.05, 0) is 14.1 Å². The van der Waals surface area contributed by atoms with Crippen molar-refractivity contribution in [1.82, 2.24) is 4.31 Å². The molecule has 0 aliphatic heterocycles. The molecule has 0 saturated heterocycles. The Hall–Kier alpha value is 0.660. The van der Waals surface area contributed by atoms with Gasteiger partial charge in [0.15, 0.2) is 0 Å². The van der Waals surface area contributed by atoms with Crippen molar-refractivity contribution in [3.05, 3.63) is 0 Å². The number of rotatable bonds is 4. The van der Waals surface area contributed by atoms with Crippen molar-refractivity contribution < 1.29 is 9.05 Å². The first kappa shape index (κ1) is 9.66. The largest absolute Gasteiger partial charge is 0.329 e. The number of hydrogen-bond donors (Lipinski definition) is 0. The highest BCUT2D eigenvalue weighted by Crippen LogP contribution is 2.50. The lowest BCUT2D eigenvalue weighted by Crippen LogP contribution is -1.98. The Kier molecular flexibility index (Phi) is 5.84. The fourth-order valence-corrected chi connectivity index (χ4v) is 2.02. The Bertz CT molecular complexity index is 69.6. The molecule has 0 aromatic heterocycles. The summed E-state index contributed by atoms with van der Waals surface area (Å²) < 4.78 is 11.9. The molecule has 0 saturated carbocycles. The third-order valence-electron chi connectivity index (χ3n) is 0.528. The van der Waals surface area contributed by atoms with Crippen LogP contribution >= 0.6 is 19.1 Å². The predicted molar refractivity (Wildman–Crippen MR) is 42.2 cm³/mol. The third-order valence-corrected chi connectivity index (χ3v) is 3.86. The smallest absolute Gasteiger partial charge is 0.253 e. The van der Waals surface area contributed by atoms with Gasteiger partial charge >= 0.3 is 0 Å². The minimum absolute atomic E-state index is 0.753. The zero-order valence-corrected chi connectivity index (χ0v) is 7.83. The lowest BCUT2D eigenvalue weighted by molar-refractivity contribution is 0.356. The van der Waals surface area contributed by atoms with Gasteiger partial charge in [0.05, 0.1) is 0 Å². The molecule has 0 radical (unpaired) electrons. The molecular formula is C4H12NO2PS. The molecule has 0 spiro atoms. The van der Waals surface area contributed by atoms with E-state index in [0.717, 1.165) is 0 Å². The van der Waals surface area contributed by atoms with Crippen molar-refractivity contribution in [2.45, 2.75) is 0 Å². The minimum Gasteiger partial charge on any atom is -0.329 e. The second-order valence-corrected chi connectivity index (χ2v) is 4.94. The summed E-state index contributed by atoms with van der Waals surface area (Å²) in [5.41, 5.74) is 0. The van der Waals surface area contributed by atoms with E-state index in [2.05, 4.69) is 0 Å². The predicted octanol–water partition coefficient (Wildman–Crippen LogP) is 1.72. The van der Waals surface area contributed by atoms with Crippen LogP contribution < -0.4 is 0 Å². The van der Waals surface area contributed by atoms with Crippen molar-refractivity contribution in [3.8, 4) is 0 Å². The maximum atomic E-state index is 4.97. The van der Waals surface area contributed by atoms with E-state index in [1.807, 2.05) is 18.4 Å². The summed E-state index contributed by atoms with van der Waals surface area (Å²) in [6.07, 6.45) is 0. The van der Waals surface area contributed by atoms with Crippen LogP contribution in [0, 0.1) is 0 Å². The highest BCUT2D eigenvalue weighted by atomic mass is 32.7. The van der Waals surface area contributed by atoms with E-state index in [-0.39, 0.29) is 0 Å². The van der Waals surface area contributed by atoms with Gasteiger partial charge in [0.25, 0.3) is 7.58 Å². The normalized spacial score (nSPS) is 11.3. The van der Waals surface area contributed by atoms with Crippen LogP contribution in [0.25, 0.3) is 0 Å². The first-order valence-electron chi connectivity index (χ1n) is 2.44. The lowest BCUT2D eigenvalue weighted by atomic mass is 11.3. The Morgan fingerprint density at radius 1 is 1.22 bits per heavy atom. The summed E-state index contributed by atoms with van der Waals surface area (Å²) in [6.45, 7) is 0. The molecule has 0 rings (SSSR count). The molecule has 5 heteroatoms. The third kappa shape index (κ3) is 5.12. The summed E-state index contributed by atoms with van der Waals surface area (Å²) in [5.74, 6) is 0. The molecule has 0 aliphatic rings. The fourth-order valence-electron chi connectivity index (χ4n) is 0.275. The zero-order valence-electron chi connectivity index (χ0n) is 6.12. The molecule has 3 nitrogen and oxygen atoms in total. The van der Waals surface area contributed by atoms with E-state index < -0.39 is 7.58 Å². The van der Waals surface area contributed by atoms with Gasteiger partial charge in [-0.15, -0.1) is 0 Å². The minimum atomic E-state index is -0.753. The van der Waals surface area contributed by atoms with E-state index in [9.17, 15) is 0 Å². The molecule has 0 aromatic rings. The second kappa shape index (κ2) is 5.45. The second-order valence-electron chi connectivity index (χ2n) is 1.48. The van der Waals surface area contributed by atoms with Crippen LogP contribution in [0.3, 0.4) is 0 Å². The van der Waals surface area contributed by atoms with Gasteiger partial charge in [0, 0.05) is 25.8 Å². The van der Waals surface area contributed by atoms with E-state index in [4.69, 9.17) is 9.05 Å². The molecule has 0 bridgehead atoms. The standard InChI is InChI=1S/C4H12NO2PS/c1-5(2)9-8(6-3)7-4/h1-4H3. The topological polar surface area (TPSA) is 21.7 Å². The first-order valence-corrected chi connectivity index (χ1v) is 5.00. The van der Waals surface area contributed by atoms with Gasteiger partial charge in [-0.25, -0.2) is 4.31 Å². The van der Waals surface area contributed by atoms with Gasteiger partial charge in [0.2, 0.25) is 0 Å². The maximum Gasteiger partial charge on any atom is 0.253 e. The summed E-state index contributed by atoms with van der Waals surface area (Å²) in [4.78, 5) is 0. The van der Waals surface area contributed by atoms with E-state index in [1.54, 1.807) is 25.8 Å². The highest BCUT2D eigenvalue weighted by Gasteiger charge is 2.07. The Morgan fingerprint density at radius 3 is 1.78 bits per heavy atom. The molecule has 0 fully saturated rings. The molecule has 9 heavy (non-hydrogen) atoms. The van der Waals surface area contributed by atoms with Gasteiger partial charge < -0.3 is 9.05 Å². The van der Waals surface area contributed by atoms with E-state index >= 15 is 0 Å². The quantitative estimate of drug-likeness (QED) is 0.471. The molecule has 0 aliphatic carbocycles. The maximum absolute atomic E-state index is 4.97. The summed E-state index contributed by atoms with van der Waals surface area (Å²) in [6, 6.07) is 0. The fraction of sp³-hybridized carbons (Fsp3) is 1.00. The molecule has 0 unspecified atom stereocenters. The first-order chi connectivity index (χ1) is 4.20. The average Bonchev–Trinajstić information content (AvgIpc) is 1.82. The molecule has 0 amide bonds. The molecule has 56 valence electrons. The molecule has 0 atom stereocenters. The van der Waals surface area contributed by atoms with Gasteiger partial charge in [0.1, 0.15) is 0 Å². The highest BCUT2D eigenvalue weighted by molar-refractivity contribution is 8.51. The van der Waals surface area contributed by atoms with Crippen LogP contribution in [0.2, 0.25) is 0 Å². The molecule has 0 heterocycles. The molecular weight excluding hydrogens is 157 g/mol. The molecule has 0 aromatic carbocycles. The van der Waals surface area contributed by atoms with Crippen LogP contribution in [-0.2, 0) is 9.05 Å². The Balaban J connectivity index is 3.31. The van der Waals surface area contributed by atoms with Crippen LogP contribution in [-0.4, -0.2) is 32.6 Å². The SMILES string of the molecule is COP(OC)SN(C)C. The zero-order chi connectivity index (χ0) is 7.28.